The summed E-state index contributed by atoms with van der Waals surface area (Å²) in [5.74, 6) is -2.51. The van der Waals surface area contributed by atoms with E-state index >= 15 is 0 Å². The fourth-order valence-electron chi connectivity index (χ4n) is 2.54. The van der Waals surface area contributed by atoms with Gasteiger partial charge in [-0.05, 0) is 25.1 Å². The molecule has 8 nitrogen and oxygen atoms in total. The fraction of sp³-hybridized carbons (Fsp3) is 0.263. The highest BCUT2D eigenvalue weighted by molar-refractivity contribution is 5.89. The van der Waals surface area contributed by atoms with Gasteiger partial charge < -0.3 is 20.4 Å². The molecule has 3 N–H and O–H groups in total. The Kier molecular flexibility index (Phi) is 7.92. The Morgan fingerprint density at radius 1 is 1.00 bits per heavy atom. The van der Waals surface area contributed by atoms with Crippen molar-refractivity contribution in [3.63, 3.8) is 0 Å². The van der Waals surface area contributed by atoms with Gasteiger partial charge in [-0.2, -0.15) is 0 Å². The summed E-state index contributed by atoms with van der Waals surface area (Å²) in [6, 6.07) is 6.23. The Bertz CT molecular complexity index is 756. The highest BCUT2D eigenvalue weighted by Crippen LogP contribution is 2.23. The molecule has 0 radical (unpaired) electrons. The van der Waals surface area contributed by atoms with Crippen LogP contribution in [-0.2, 0) is 9.59 Å². The number of anilines is 1. The van der Waals surface area contributed by atoms with Crippen molar-refractivity contribution in [1.29, 1.82) is 0 Å². The third kappa shape index (κ3) is 7.25. The minimum Gasteiger partial charge on any atom is -0.478 e. The van der Waals surface area contributed by atoms with Crippen molar-refractivity contribution in [2.45, 2.75) is 6.42 Å². The first-order chi connectivity index (χ1) is 13.1. The minimum atomic E-state index is -1.26. The lowest BCUT2D eigenvalue weighted by molar-refractivity contribution is -0.134. The molecule has 27 heavy (non-hydrogen) atoms. The molecule has 0 amide bonds. The molecular formula is C19H22N4O4. The molecule has 0 aliphatic carbocycles. The Balaban J connectivity index is 0.000000279. The van der Waals surface area contributed by atoms with Crippen molar-refractivity contribution in [1.82, 2.24) is 15.3 Å². The van der Waals surface area contributed by atoms with Crippen LogP contribution in [0.3, 0.4) is 0 Å². The second kappa shape index (κ2) is 10.7. The number of pyridine rings is 2. The number of carbonyl (C=O) groups is 2. The minimum absolute atomic E-state index is 0.558. The van der Waals surface area contributed by atoms with Crippen LogP contribution in [0.2, 0.25) is 0 Å². The SMILES string of the molecule is O=C(O)/C=C/C(=O)O.c1cncc(-c2cncc(N3CCCNCC3)c2)c1. The van der Waals surface area contributed by atoms with E-state index in [4.69, 9.17) is 10.2 Å². The Morgan fingerprint density at radius 2 is 1.74 bits per heavy atom. The number of carboxylic acids is 2. The van der Waals surface area contributed by atoms with Gasteiger partial charge in [0.1, 0.15) is 0 Å². The molecule has 3 heterocycles. The van der Waals surface area contributed by atoms with Crippen LogP contribution in [0.4, 0.5) is 5.69 Å². The first-order valence-electron chi connectivity index (χ1n) is 8.51. The monoisotopic (exact) mass is 370 g/mol. The van der Waals surface area contributed by atoms with E-state index in [0.717, 1.165) is 37.3 Å². The Hall–Kier alpha value is -3.26. The smallest absolute Gasteiger partial charge is 0.328 e. The predicted octanol–water partition coefficient (Wildman–Crippen LogP) is 1.66. The second-order valence-electron chi connectivity index (χ2n) is 5.77. The number of nitrogens with one attached hydrogen (secondary N) is 1. The second-order valence-corrected chi connectivity index (χ2v) is 5.77. The van der Waals surface area contributed by atoms with Gasteiger partial charge in [0, 0.05) is 61.5 Å². The van der Waals surface area contributed by atoms with E-state index in [-0.39, 0.29) is 0 Å². The summed E-state index contributed by atoms with van der Waals surface area (Å²) in [6.45, 7) is 4.27. The van der Waals surface area contributed by atoms with E-state index in [9.17, 15) is 9.59 Å². The number of rotatable bonds is 4. The average Bonchev–Trinajstić information content (AvgIpc) is 2.97. The molecule has 1 aliphatic heterocycles. The van der Waals surface area contributed by atoms with Crippen LogP contribution in [-0.4, -0.2) is 58.3 Å². The number of hydrogen-bond acceptors (Lipinski definition) is 6. The molecule has 0 spiro atoms. The lowest BCUT2D eigenvalue weighted by Gasteiger charge is -2.22. The molecular weight excluding hydrogens is 348 g/mol. The third-order valence-corrected chi connectivity index (χ3v) is 3.79. The quantitative estimate of drug-likeness (QED) is 0.696. The van der Waals surface area contributed by atoms with Crippen molar-refractivity contribution in [3.05, 3.63) is 55.1 Å². The van der Waals surface area contributed by atoms with Crippen molar-refractivity contribution < 1.29 is 19.8 Å². The molecule has 2 aromatic heterocycles. The van der Waals surface area contributed by atoms with E-state index in [1.54, 1.807) is 6.20 Å². The zero-order valence-electron chi connectivity index (χ0n) is 14.8. The molecule has 3 rings (SSSR count). The van der Waals surface area contributed by atoms with Gasteiger partial charge >= 0.3 is 11.9 Å². The molecule has 0 bridgehead atoms. The largest absolute Gasteiger partial charge is 0.478 e. The average molecular weight is 370 g/mol. The summed E-state index contributed by atoms with van der Waals surface area (Å²) in [7, 11) is 0. The normalized spacial score (nSPS) is 14.1. The van der Waals surface area contributed by atoms with Crippen LogP contribution >= 0.6 is 0 Å². The third-order valence-electron chi connectivity index (χ3n) is 3.79. The highest BCUT2D eigenvalue weighted by Gasteiger charge is 2.10. The van der Waals surface area contributed by atoms with Crippen LogP contribution in [0.5, 0.6) is 0 Å². The molecule has 1 saturated heterocycles. The van der Waals surface area contributed by atoms with Crippen LogP contribution in [0, 0.1) is 0 Å². The first kappa shape index (κ1) is 20.1. The van der Waals surface area contributed by atoms with E-state index in [2.05, 4.69) is 32.3 Å². The summed E-state index contributed by atoms with van der Waals surface area (Å²) < 4.78 is 0. The Labute approximate surface area is 157 Å². The van der Waals surface area contributed by atoms with Crippen LogP contribution in [0.1, 0.15) is 6.42 Å². The number of hydrogen-bond donors (Lipinski definition) is 3. The molecule has 0 atom stereocenters. The molecule has 2 aromatic rings. The van der Waals surface area contributed by atoms with Gasteiger partial charge in [0.15, 0.2) is 0 Å². The zero-order chi connectivity index (χ0) is 19.5. The molecule has 142 valence electrons. The maximum atomic E-state index is 9.55. The maximum Gasteiger partial charge on any atom is 0.328 e. The van der Waals surface area contributed by atoms with Gasteiger partial charge in [0.25, 0.3) is 0 Å². The number of aliphatic carboxylic acids is 2. The van der Waals surface area contributed by atoms with E-state index in [0.29, 0.717) is 12.2 Å². The molecule has 0 aromatic carbocycles. The van der Waals surface area contributed by atoms with E-state index < -0.39 is 11.9 Å². The fourth-order valence-corrected chi connectivity index (χ4v) is 2.54. The van der Waals surface area contributed by atoms with E-state index in [1.165, 1.54) is 12.1 Å². The molecule has 1 aliphatic rings. The molecule has 8 heteroatoms. The number of aromatic nitrogens is 2. The number of carboxylic acid groups (broad SMARTS) is 2. The molecule has 0 unspecified atom stereocenters. The van der Waals surface area contributed by atoms with Crippen LogP contribution < -0.4 is 10.2 Å². The van der Waals surface area contributed by atoms with Gasteiger partial charge in [0.05, 0.1) is 11.9 Å². The van der Waals surface area contributed by atoms with Crippen molar-refractivity contribution in [3.8, 4) is 11.1 Å². The van der Waals surface area contributed by atoms with Gasteiger partial charge in [-0.1, -0.05) is 6.07 Å². The van der Waals surface area contributed by atoms with Crippen LogP contribution in [0.15, 0.2) is 55.1 Å². The van der Waals surface area contributed by atoms with Gasteiger partial charge in [0.2, 0.25) is 0 Å². The first-order valence-corrected chi connectivity index (χ1v) is 8.51. The summed E-state index contributed by atoms with van der Waals surface area (Å²) in [5.41, 5.74) is 3.44. The maximum absolute atomic E-state index is 9.55. The number of nitrogens with zero attached hydrogens (tertiary/aromatic N) is 3. The van der Waals surface area contributed by atoms with Gasteiger partial charge in [-0.3, -0.25) is 9.97 Å². The predicted molar refractivity (Wildman–Crippen MR) is 102 cm³/mol. The zero-order valence-corrected chi connectivity index (χ0v) is 14.8. The van der Waals surface area contributed by atoms with Crippen LogP contribution in [0.25, 0.3) is 11.1 Å². The highest BCUT2D eigenvalue weighted by atomic mass is 16.4. The Morgan fingerprint density at radius 3 is 2.41 bits per heavy atom. The lowest BCUT2D eigenvalue weighted by Crippen LogP contribution is -2.27. The lowest BCUT2D eigenvalue weighted by atomic mass is 10.1. The van der Waals surface area contributed by atoms with Crippen molar-refractivity contribution in [2.75, 3.05) is 31.1 Å². The summed E-state index contributed by atoms with van der Waals surface area (Å²) in [6.07, 6.45) is 9.82. The van der Waals surface area contributed by atoms with Crippen molar-refractivity contribution >= 4 is 17.6 Å². The topological polar surface area (TPSA) is 116 Å². The standard InChI is InChI=1S/C15H18N4.C4H4O4/c1-3-13(10-17-4-1)14-9-15(12-18-11-14)19-7-2-5-16-6-8-19;5-3(6)1-2-4(7)8/h1,3-4,9-12,16H,2,5-8H2;1-2H,(H,5,6)(H,7,8)/b;2-1+. The summed E-state index contributed by atoms with van der Waals surface area (Å²) in [4.78, 5) is 30.0. The van der Waals surface area contributed by atoms with E-state index in [1.807, 2.05) is 24.7 Å². The summed E-state index contributed by atoms with van der Waals surface area (Å²) >= 11 is 0. The van der Waals surface area contributed by atoms with Crippen molar-refractivity contribution in [2.24, 2.45) is 0 Å². The van der Waals surface area contributed by atoms with Gasteiger partial charge in [-0.15, -0.1) is 0 Å². The molecule has 0 saturated carbocycles. The molecule has 1 fully saturated rings. The summed E-state index contributed by atoms with van der Waals surface area (Å²) in [5, 5.41) is 19.0. The van der Waals surface area contributed by atoms with Gasteiger partial charge in [-0.25, -0.2) is 9.59 Å².